The van der Waals surface area contributed by atoms with Gasteiger partial charge in [-0.15, -0.1) is 0 Å². The van der Waals surface area contributed by atoms with Gasteiger partial charge in [0.05, 0.1) is 17.8 Å². The number of carboxylic acid groups (broad SMARTS) is 1. The van der Waals surface area contributed by atoms with Gasteiger partial charge in [0.2, 0.25) is 0 Å². The van der Waals surface area contributed by atoms with Crippen LogP contribution in [0.3, 0.4) is 0 Å². The Labute approximate surface area is 117 Å². The summed E-state index contributed by atoms with van der Waals surface area (Å²) < 4.78 is 16.6. The molecule has 0 radical (unpaired) electrons. The predicted octanol–water partition coefficient (Wildman–Crippen LogP) is 3.33. The van der Waals surface area contributed by atoms with Crippen molar-refractivity contribution in [2.24, 2.45) is 0 Å². The molecule has 0 aliphatic heterocycles. The molecule has 1 aromatic heterocycles. The van der Waals surface area contributed by atoms with Crippen LogP contribution in [-0.4, -0.2) is 18.2 Å². The molecule has 2 rings (SSSR count). The van der Waals surface area contributed by atoms with Crippen LogP contribution in [0, 0.1) is 0 Å². The van der Waals surface area contributed by atoms with Crippen LogP contribution in [0.2, 0.25) is 0 Å². The summed E-state index contributed by atoms with van der Waals surface area (Å²) in [6.45, 7) is 0.00755. The molecule has 2 aromatic rings. The first kappa shape index (κ1) is 13.5. The summed E-state index contributed by atoms with van der Waals surface area (Å²) in [6, 6.07) is 6.75. The van der Waals surface area contributed by atoms with Gasteiger partial charge in [-0.05, 0) is 34.1 Å². The van der Waals surface area contributed by atoms with Gasteiger partial charge in [0.15, 0.2) is 17.3 Å². The number of aromatic carboxylic acids is 1. The molecule has 1 aromatic carbocycles. The van der Waals surface area contributed by atoms with Gasteiger partial charge in [-0.25, -0.2) is 4.79 Å². The van der Waals surface area contributed by atoms with Gasteiger partial charge in [-0.3, -0.25) is 0 Å². The van der Waals surface area contributed by atoms with E-state index in [1.165, 1.54) is 19.4 Å². The van der Waals surface area contributed by atoms with E-state index in [0.717, 1.165) is 4.47 Å². The molecule has 0 aliphatic carbocycles. The van der Waals surface area contributed by atoms with Gasteiger partial charge in [0, 0.05) is 0 Å². The van der Waals surface area contributed by atoms with E-state index in [1.807, 2.05) is 6.07 Å². The molecule has 0 amide bonds. The van der Waals surface area contributed by atoms with Crippen molar-refractivity contribution >= 4 is 21.9 Å². The average molecular weight is 327 g/mol. The molecule has 0 fully saturated rings. The van der Waals surface area contributed by atoms with E-state index < -0.39 is 5.97 Å². The minimum Gasteiger partial charge on any atom is -0.493 e. The minimum atomic E-state index is -1.05. The van der Waals surface area contributed by atoms with Crippen LogP contribution < -0.4 is 9.47 Å². The lowest BCUT2D eigenvalue weighted by molar-refractivity contribution is 0.0691. The lowest BCUT2D eigenvalue weighted by Gasteiger charge is -2.11. The maximum atomic E-state index is 10.9. The molecule has 100 valence electrons. The van der Waals surface area contributed by atoms with Gasteiger partial charge in [0.1, 0.15) is 12.2 Å². The van der Waals surface area contributed by atoms with Crippen LogP contribution in [0.25, 0.3) is 0 Å². The standard InChI is InChI=1S/C13H11BrO5/c1-17-10-4-2-3-9(14)12(10)19-7-11-8(13(15)16)5-6-18-11/h2-6H,7H2,1H3,(H,15,16). The summed E-state index contributed by atoms with van der Waals surface area (Å²) in [5.41, 5.74) is 0.0889. The zero-order valence-corrected chi connectivity index (χ0v) is 11.6. The topological polar surface area (TPSA) is 68.9 Å². The molecule has 0 unspecified atom stereocenters. The number of halogens is 1. The molecule has 0 spiro atoms. The molecule has 5 nitrogen and oxygen atoms in total. The van der Waals surface area contributed by atoms with Crippen LogP contribution in [0.4, 0.5) is 0 Å². The third-order valence-electron chi connectivity index (χ3n) is 2.47. The smallest absolute Gasteiger partial charge is 0.339 e. The number of carbonyl (C=O) groups is 1. The fourth-order valence-electron chi connectivity index (χ4n) is 1.57. The Morgan fingerprint density at radius 3 is 2.89 bits per heavy atom. The third-order valence-corrected chi connectivity index (χ3v) is 3.10. The Bertz CT molecular complexity index is 590. The van der Waals surface area contributed by atoms with Crippen LogP contribution in [0.15, 0.2) is 39.4 Å². The first-order valence-electron chi connectivity index (χ1n) is 5.38. The van der Waals surface area contributed by atoms with E-state index in [4.69, 9.17) is 19.0 Å². The van der Waals surface area contributed by atoms with Crippen LogP contribution in [0.1, 0.15) is 16.1 Å². The Hall–Kier alpha value is -1.95. The molecular formula is C13H11BrO5. The molecule has 0 atom stereocenters. The van der Waals surface area contributed by atoms with Crippen molar-refractivity contribution < 1.29 is 23.8 Å². The maximum Gasteiger partial charge on any atom is 0.339 e. The van der Waals surface area contributed by atoms with Crippen LogP contribution in [0.5, 0.6) is 11.5 Å². The maximum absolute atomic E-state index is 10.9. The van der Waals surface area contributed by atoms with Gasteiger partial charge >= 0.3 is 5.97 Å². The number of benzene rings is 1. The monoisotopic (exact) mass is 326 g/mol. The third kappa shape index (κ3) is 2.90. The molecule has 6 heteroatoms. The lowest BCUT2D eigenvalue weighted by Crippen LogP contribution is -2.03. The van der Waals surface area contributed by atoms with E-state index in [1.54, 1.807) is 12.1 Å². The molecular weight excluding hydrogens is 316 g/mol. The van der Waals surface area contributed by atoms with Gasteiger partial charge in [0.25, 0.3) is 0 Å². The van der Waals surface area contributed by atoms with E-state index in [9.17, 15) is 4.79 Å². The van der Waals surface area contributed by atoms with E-state index >= 15 is 0 Å². The predicted molar refractivity (Wildman–Crippen MR) is 70.7 cm³/mol. The summed E-state index contributed by atoms with van der Waals surface area (Å²) in [6.07, 6.45) is 1.32. The van der Waals surface area contributed by atoms with Gasteiger partial charge in [-0.1, -0.05) is 6.07 Å². The second-order valence-electron chi connectivity index (χ2n) is 3.62. The number of methoxy groups -OCH3 is 1. The molecule has 19 heavy (non-hydrogen) atoms. The van der Waals surface area contributed by atoms with E-state index in [-0.39, 0.29) is 17.9 Å². The highest BCUT2D eigenvalue weighted by Crippen LogP contribution is 2.35. The number of furan rings is 1. The number of para-hydroxylation sites is 1. The largest absolute Gasteiger partial charge is 0.493 e. The fourth-order valence-corrected chi connectivity index (χ4v) is 2.03. The van der Waals surface area contributed by atoms with Crippen molar-refractivity contribution in [3.63, 3.8) is 0 Å². The quantitative estimate of drug-likeness (QED) is 0.912. The number of hydrogen-bond acceptors (Lipinski definition) is 4. The summed E-state index contributed by atoms with van der Waals surface area (Å²) >= 11 is 3.35. The highest BCUT2D eigenvalue weighted by molar-refractivity contribution is 9.10. The summed E-state index contributed by atoms with van der Waals surface area (Å²) in [5, 5.41) is 8.96. The molecule has 0 bridgehead atoms. The summed E-state index contributed by atoms with van der Waals surface area (Å²) in [5.74, 6) is 0.257. The Kier molecular flexibility index (Phi) is 4.11. The van der Waals surface area contributed by atoms with Crippen molar-refractivity contribution in [2.45, 2.75) is 6.61 Å². The highest BCUT2D eigenvalue weighted by atomic mass is 79.9. The van der Waals surface area contributed by atoms with E-state index in [2.05, 4.69) is 15.9 Å². The number of hydrogen-bond donors (Lipinski definition) is 1. The number of carboxylic acids is 1. The van der Waals surface area contributed by atoms with Gasteiger partial charge in [-0.2, -0.15) is 0 Å². The molecule has 1 N–H and O–H groups in total. The zero-order chi connectivity index (χ0) is 13.8. The molecule has 0 aliphatic rings. The fraction of sp³-hybridized carbons (Fsp3) is 0.154. The van der Waals surface area contributed by atoms with Crippen molar-refractivity contribution in [2.75, 3.05) is 7.11 Å². The Balaban J connectivity index is 2.19. The van der Waals surface area contributed by atoms with Crippen molar-refractivity contribution in [3.8, 4) is 11.5 Å². The van der Waals surface area contributed by atoms with Gasteiger partial charge < -0.3 is 19.0 Å². The number of ether oxygens (including phenoxy) is 2. The first-order chi connectivity index (χ1) is 9.13. The van der Waals surface area contributed by atoms with Crippen LogP contribution >= 0.6 is 15.9 Å². The highest BCUT2D eigenvalue weighted by Gasteiger charge is 2.15. The van der Waals surface area contributed by atoms with Crippen molar-refractivity contribution in [3.05, 3.63) is 46.3 Å². The SMILES string of the molecule is COc1cccc(Br)c1OCc1occc1C(=O)O. The van der Waals surface area contributed by atoms with Crippen LogP contribution in [-0.2, 0) is 6.61 Å². The molecule has 0 saturated carbocycles. The average Bonchev–Trinajstić information content (AvgIpc) is 2.85. The normalized spacial score (nSPS) is 10.2. The van der Waals surface area contributed by atoms with Crippen molar-refractivity contribution in [1.82, 2.24) is 0 Å². The molecule has 0 saturated heterocycles. The first-order valence-corrected chi connectivity index (χ1v) is 6.17. The zero-order valence-electron chi connectivity index (χ0n) is 10.1. The lowest BCUT2D eigenvalue weighted by atomic mass is 10.2. The second-order valence-corrected chi connectivity index (χ2v) is 4.48. The summed E-state index contributed by atoms with van der Waals surface area (Å²) in [7, 11) is 1.53. The Morgan fingerprint density at radius 2 is 2.21 bits per heavy atom. The Morgan fingerprint density at radius 1 is 1.42 bits per heavy atom. The minimum absolute atomic E-state index is 0.00755. The second kappa shape index (κ2) is 5.79. The summed E-state index contributed by atoms with van der Waals surface area (Å²) in [4.78, 5) is 10.9. The number of rotatable bonds is 5. The molecule has 1 heterocycles. The van der Waals surface area contributed by atoms with Crippen molar-refractivity contribution in [1.29, 1.82) is 0 Å². The van der Waals surface area contributed by atoms with E-state index in [0.29, 0.717) is 11.5 Å².